The number of anilines is 2. The van der Waals surface area contributed by atoms with Crippen LogP contribution < -0.4 is 16.3 Å². The minimum Gasteiger partial charge on any atom is -0.299 e. The lowest BCUT2D eigenvalue weighted by Crippen LogP contribution is -2.29. The molecular weight excluding hydrogens is 276 g/mol. The van der Waals surface area contributed by atoms with Gasteiger partial charge in [-0.1, -0.05) is 36.4 Å². The second-order valence-corrected chi connectivity index (χ2v) is 4.86. The number of nitrogens with one attached hydrogen (secondary N) is 3. The van der Waals surface area contributed by atoms with Crippen LogP contribution in [0.15, 0.2) is 65.8 Å². The highest BCUT2D eigenvalue weighted by molar-refractivity contribution is 5.87. The molecule has 0 saturated heterocycles. The molecule has 0 radical (unpaired) electrons. The van der Waals surface area contributed by atoms with E-state index in [2.05, 4.69) is 21.4 Å². The standard InChI is InChI=1S/C17H20N4O/c1-14(18-19-15-8-4-2-5-9-15)12-13-17(22)21-20-16-10-6-3-7-11-16/h2-11,19-20H,12-13H2,1H3,(H,21,22)/b18-14-. The van der Waals surface area contributed by atoms with Gasteiger partial charge in [-0.15, -0.1) is 0 Å². The number of nitrogens with zero attached hydrogens (tertiary/aromatic N) is 1. The van der Waals surface area contributed by atoms with Gasteiger partial charge >= 0.3 is 0 Å². The van der Waals surface area contributed by atoms with Crippen molar-refractivity contribution in [3.8, 4) is 0 Å². The van der Waals surface area contributed by atoms with Crippen molar-refractivity contribution in [2.45, 2.75) is 19.8 Å². The molecule has 2 aromatic rings. The van der Waals surface area contributed by atoms with Crippen LogP contribution in [-0.2, 0) is 4.79 Å². The zero-order chi connectivity index (χ0) is 15.6. The fourth-order valence-corrected chi connectivity index (χ4v) is 1.75. The first-order valence-corrected chi connectivity index (χ1v) is 7.18. The van der Waals surface area contributed by atoms with Crippen molar-refractivity contribution in [2.24, 2.45) is 5.10 Å². The summed E-state index contributed by atoms with van der Waals surface area (Å²) in [7, 11) is 0. The zero-order valence-corrected chi connectivity index (χ0v) is 12.5. The number of carbonyl (C=O) groups is 1. The van der Waals surface area contributed by atoms with Gasteiger partial charge in [-0.3, -0.25) is 21.1 Å². The molecule has 3 N–H and O–H groups in total. The number of hydrazine groups is 1. The van der Waals surface area contributed by atoms with E-state index in [-0.39, 0.29) is 5.91 Å². The molecule has 0 unspecified atom stereocenters. The highest BCUT2D eigenvalue weighted by Crippen LogP contribution is 2.05. The molecule has 0 aromatic heterocycles. The van der Waals surface area contributed by atoms with Gasteiger partial charge in [0.2, 0.25) is 5.91 Å². The van der Waals surface area contributed by atoms with E-state index < -0.39 is 0 Å². The van der Waals surface area contributed by atoms with Crippen molar-refractivity contribution in [1.82, 2.24) is 5.43 Å². The van der Waals surface area contributed by atoms with E-state index in [1.165, 1.54) is 0 Å². The summed E-state index contributed by atoms with van der Waals surface area (Å²) in [5, 5.41) is 4.25. The van der Waals surface area contributed by atoms with Crippen LogP contribution in [-0.4, -0.2) is 11.6 Å². The normalized spacial score (nSPS) is 10.9. The Balaban J connectivity index is 1.69. The summed E-state index contributed by atoms with van der Waals surface area (Å²) >= 11 is 0. The molecule has 0 atom stereocenters. The third-order valence-electron chi connectivity index (χ3n) is 2.98. The van der Waals surface area contributed by atoms with E-state index in [4.69, 9.17) is 0 Å². The van der Waals surface area contributed by atoms with Gasteiger partial charge in [-0.25, -0.2) is 0 Å². The summed E-state index contributed by atoms with van der Waals surface area (Å²) in [5.41, 5.74) is 11.2. The van der Waals surface area contributed by atoms with Crippen molar-refractivity contribution in [3.05, 3.63) is 60.7 Å². The Morgan fingerprint density at radius 1 is 0.909 bits per heavy atom. The lowest BCUT2D eigenvalue weighted by Gasteiger charge is -2.08. The van der Waals surface area contributed by atoms with Gasteiger partial charge in [0.15, 0.2) is 0 Å². The number of benzene rings is 2. The smallest absolute Gasteiger partial charge is 0.238 e. The predicted octanol–water partition coefficient (Wildman–Crippen LogP) is 3.40. The van der Waals surface area contributed by atoms with Crippen LogP contribution in [0.25, 0.3) is 0 Å². The maximum Gasteiger partial charge on any atom is 0.238 e. The number of hydrogen-bond acceptors (Lipinski definition) is 4. The van der Waals surface area contributed by atoms with Gasteiger partial charge in [0.05, 0.1) is 11.4 Å². The minimum atomic E-state index is -0.0712. The molecule has 0 aliphatic carbocycles. The summed E-state index contributed by atoms with van der Waals surface area (Å²) in [4.78, 5) is 11.7. The van der Waals surface area contributed by atoms with Gasteiger partial charge < -0.3 is 0 Å². The molecule has 0 bridgehead atoms. The molecule has 2 aromatic carbocycles. The Morgan fingerprint density at radius 3 is 2.14 bits per heavy atom. The van der Waals surface area contributed by atoms with Crippen LogP contribution in [0.5, 0.6) is 0 Å². The summed E-state index contributed by atoms with van der Waals surface area (Å²) in [5.74, 6) is -0.0712. The topological polar surface area (TPSA) is 65.5 Å². The Kier molecular flexibility index (Phi) is 5.99. The third kappa shape index (κ3) is 5.66. The van der Waals surface area contributed by atoms with Crippen molar-refractivity contribution in [1.29, 1.82) is 0 Å². The van der Waals surface area contributed by atoms with Crippen LogP contribution in [0, 0.1) is 0 Å². The second kappa shape index (κ2) is 8.46. The molecule has 0 spiro atoms. The van der Waals surface area contributed by atoms with Gasteiger partial charge in [-0.2, -0.15) is 5.10 Å². The number of hydrogen-bond donors (Lipinski definition) is 3. The Hall–Kier alpha value is -2.82. The summed E-state index contributed by atoms with van der Waals surface area (Å²) in [6, 6.07) is 19.2. The van der Waals surface area contributed by atoms with Crippen LogP contribution in [0.2, 0.25) is 0 Å². The summed E-state index contributed by atoms with van der Waals surface area (Å²) in [6.07, 6.45) is 0.980. The molecule has 0 aliphatic heterocycles. The minimum absolute atomic E-state index is 0.0712. The first-order valence-electron chi connectivity index (χ1n) is 7.18. The highest BCUT2D eigenvalue weighted by atomic mass is 16.2. The van der Waals surface area contributed by atoms with Crippen LogP contribution >= 0.6 is 0 Å². The summed E-state index contributed by atoms with van der Waals surface area (Å²) < 4.78 is 0. The fourth-order valence-electron chi connectivity index (χ4n) is 1.75. The molecule has 0 fully saturated rings. The lowest BCUT2D eigenvalue weighted by molar-refractivity contribution is -0.120. The number of carbonyl (C=O) groups excluding carboxylic acids is 1. The quantitative estimate of drug-likeness (QED) is 0.542. The second-order valence-electron chi connectivity index (χ2n) is 4.86. The largest absolute Gasteiger partial charge is 0.299 e. The highest BCUT2D eigenvalue weighted by Gasteiger charge is 2.02. The number of rotatable bonds is 7. The van der Waals surface area contributed by atoms with E-state index in [0.29, 0.717) is 12.8 Å². The molecule has 0 aliphatic rings. The third-order valence-corrected chi connectivity index (χ3v) is 2.98. The van der Waals surface area contributed by atoms with E-state index in [0.717, 1.165) is 17.1 Å². The fraction of sp³-hybridized carbons (Fsp3) is 0.176. The Labute approximate surface area is 130 Å². The molecule has 5 nitrogen and oxygen atoms in total. The van der Waals surface area contributed by atoms with Crippen molar-refractivity contribution < 1.29 is 4.79 Å². The first kappa shape index (κ1) is 15.6. The molecule has 5 heteroatoms. The molecule has 1 amide bonds. The number of para-hydroxylation sites is 2. The van der Waals surface area contributed by atoms with E-state index in [9.17, 15) is 4.79 Å². The molecule has 22 heavy (non-hydrogen) atoms. The van der Waals surface area contributed by atoms with E-state index in [1.54, 1.807) is 0 Å². The van der Waals surface area contributed by atoms with Gasteiger partial charge in [0.1, 0.15) is 0 Å². The van der Waals surface area contributed by atoms with E-state index >= 15 is 0 Å². The Morgan fingerprint density at radius 2 is 1.50 bits per heavy atom. The van der Waals surface area contributed by atoms with Gasteiger partial charge in [0, 0.05) is 12.1 Å². The predicted molar refractivity (Wildman–Crippen MR) is 90.6 cm³/mol. The zero-order valence-electron chi connectivity index (χ0n) is 12.5. The molecule has 0 saturated carbocycles. The number of amides is 1. The van der Waals surface area contributed by atoms with Crippen LogP contribution in [0.3, 0.4) is 0 Å². The van der Waals surface area contributed by atoms with Crippen molar-refractivity contribution in [2.75, 3.05) is 10.9 Å². The lowest BCUT2D eigenvalue weighted by atomic mass is 10.2. The van der Waals surface area contributed by atoms with Crippen LogP contribution in [0.4, 0.5) is 11.4 Å². The monoisotopic (exact) mass is 296 g/mol. The molecule has 0 heterocycles. The molecule has 114 valence electrons. The number of hydrazone groups is 1. The van der Waals surface area contributed by atoms with Gasteiger partial charge in [0.25, 0.3) is 0 Å². The molecule has 2 rings (SSSR count). The average molecular weight is 296 g/mol. The van der Waals surface area contributed by atoms with Crippen molar-refractivity contribution in [3.63, 3.8) is 0 Å². The summed E-state index contributed by atoms with van der Waals surface area (Å²) in [6.45, 7) is 1.90. The SMILES string of the molecule is C/C(CCC(=O)NNc1ccccc1)=N/Nc1ccccc1. The molecular formula is C17H20N4O. The van der Waals surface area contributed by atoms with Crippen LogP contribution in [0.1, 0.15) is 19.8 Å². The average Bonchev–Trinajstić information content (AvgIpc) is 2.58. The Bertz CT molecular complexity index is 611. The first-order chi connectivity index (χ1) is 10.7. The van der Waals surface area contributed by atoms with Gasteiger partial charge in [-0.05, 0) is 37.6 Å². The van der Waals surface area contributed by atoms with E-state index in [1.807, 2.05) is 67.6 Å². The maximum atomic E-state index is 11.7. The maximum absolute atomic E-state index is 11.7. The van der Waals surface area contributed by atoms with Crippen molar-refractivity contribution >= 4 is 23.0 Å².